The van der Waals surface area contributed by atoms with Crippen molar-refractivity contribution >= 4 is 32.2 Å². The third kappa shape index (κ3) is 11.1. The van der Waals surface area contributed by atoms with E-state index in [9.17, 15) is 4.21 Å². The zero-order valence-electron chi connectivity index (χ0n) is 9.02. The largest absolute Gasteiger partial charge is 0.370 e. The molecule has 0 aliphatic heterocycles. The molecule has 0 amide bonds. The number of hydrogen-bond acceptors (Lipinski definition) is 6. The van der Waals surface area contributed by atoms with Gasteiger partial charge in [-0.15, -0.1) is 0 Å². The van der Waals surface area contributed by atoms with E-state index in [1.54, 1.807) is 0 Å². The lowest BCUT2D eigenvalue weighted by atomic mass is 10.7. The minimum absolute atomic E-state index is 0.00203. The first-order chi connectivity index (χ1) is 7.83. The fourth-order valence-corrected chi connectivity index (χ4v) is 1.74. The molecule has 8 N–H and O–H groups in total. The first-order valence-corrected chi connectivity index (χ1v) is 6.86. The first-order valence-electron chi connectivity index (χ1n) is 4.53. The van der Waals surface area contributed by atoms with Crippen molar-refractivity contribution in [2.45, 2.75) is 0 Å². The Morgan fingerprint density at radius 1 is 1.12 bits per heavy atom. The molecule has 0 radical (unpaired) electrons. The van der Waals surface area contributed by atoms with Crippen LogP contribution in [0.2, 0.25) is 0 Å². The second-order valence-corrected chi connectivity index (χ2v) is 5.25. The molecule has 0 aliphatic rings. The van der Waals surface area contributed by atoms with Crippen LogP contribution >= 0.6 is 0 Å². The van der Waals surface area contributed by atoms with Gasteiger partial charge >= 0.3 is 0 Å². The van der Waals surface area contributed by atoms with E-state index < -0.39 is 9.05 Å². The van der Waals surface area contributed by atoms with Gasteiger partial charge in [0, 0.05) is 24.3 Å². The van der Waals surface area contributed by atoms with Gasteiger partial charge in [-0.05, 0) is 0 Å². The third-order valence-electron chi connectivity index (χ3n) is 1.29. The van der Waals surface area contributed by atoms with Crippen molar-refractivity contribution in [1.82, 2.24) is 10.6 Å². The molecular formula is C6H16N6O3S2. The van der Waals surface area contributed by atoms with E-state index in [0.717, 1.165) is 0 Å². The SMILES string of the molecule is N=C(N)NCCOS(=O)(=S)OCCNC(=N)N. The predicted octanol–water partition coefficient (Wildman–Crippen LogP) is -2.44. The molecule has 0 heterocycles. The molecule has 0 saturated carbocycles. The minimum atomic E-state index is -3.25. The lowest BCUT2D eigenvalue weighted by Crippen LogP contribution is -2.34. The normalized spacial score (nSPS) is 13.6. The average Bonchev–Trinajstić information content (AvgIpc) is 2.19. The third-order valence-corrected chi connectivity index (χ3v) is 2.78. The highest BCUT2D eigenvalue weighted by atomic mass is 32.9. The Bertz CT molecular complexity index is 329. The maximum absolute atomic E-state index is 11.4. The molecule has 0 aliphatic carbocycles. The number of hydrogen-bond donors (Lipinski definition) is 6. The molecule has 9 nitrogen and oxygen atoms in total. The number of nitrogens with two attached hydrogens (primary N) is 2. The van der Waals surface area contributed by atoms with E-state index in [0.29, 0.717) is 0 Å². The highest BCUT2D eigenvalue weighted by Crippen LogP contribution is 1.95. The molecule has 0 fully saturated rings. The quantitative estimate of drug-likeness (QED) is 0.163. The van der Waals surface area contributed by atoms with Crippen LogP contribution in [0, 0.1) is 10.8 Å². The summed E-state index contributed by atoms with van der Waals surface area (Å²) in [6.07, 6.45) is 0. The fraction of sp³-hybridized carbons (Fsp3) is 0.667. The Morgan fingerprint density at radius 3 is 1.76 bits per heavy atom. The van der Waals surface area contributed by atoms with Crippen LogP contribution in [0.5, 0.6) is 0 Å². The zero-order valence-corrected chi connectivity index (χ0v) is 10.7. The molecule has 100 valence electrons. The molecule has 11 heteroatoms. The van der Waals surface area contributed by atoms with Crippen LogP contribution in [0.4, 0.5) is 0 Å². The summed E-state index contributed by atoms with van der Waals surface area (Å²) < 4.78 is 21.0. The lowest BCUT2D eigenvalue weighted by Gasteiger charge is -2.09. The maximum Gasteiger partial charge on any atom is 0.269 e. The molecule has 0 aromatic carbocycles. The maximum atomic E-state index is 11.4. The van der Waals surface area contributed by atoms with Crippen molar-refractivity contribution in [1.29, 1.82) is 10.8 Å². The molecule has 17 heavy (non-hydrogen) atoms. The Balaban J connectivity index is 3.66. The van der Waals surface area contributed by atoms with Crippen molar-refractivity contribution in [3.63, 3.8) is 0 Å². The van der Waals surface area contributed by atoms with Crippen LogP contribution in [-0.4, -0.2) is 42.4 Å². The second-order valence-electron chi connectivity index (χ2n) is 2.73. The molecule has 0 atom stereocenters. The van der Waals surface area contributed by atoms with Gasteiger partial charge in [0.1, 0.15) is 0 Å². The highest BCUT2D eigenvalue weighted by Gasteiger charge is 2.06. The van der Waals surface area contributed by atoms with Gasteiger partial charge in [0.25, 0.3) is 9.05 Å². The summed E-state index contributed by atoms with van der Waals surface area (Å²) in [7, 11) is -3.25. The molecule has 0 spiro atoms. The average molecular weight is 284 g/mol. The lowest BCUT2D eigenvalue weighted by molar-refractivity contribution is 0.252. The van der Waals surface area contributed by atoms with Crippen LogP contribution in [0.25, 0.3) is 0 Å². The van der Waals surface area contributed by atoms with Crippen LogP contribution in [0.1, 0.15) is 0 Å². The minimum Gasteiger partial charge on any atom is -0.370 e. The Hall–Kier alpha value is -1.17. The van der Waals surface area contributed by atoms with Crippen molar-refractivity contribution in [3.8, 4) is 0 Å². The van der Waals surface area contributed by atoms with Gasteiger partial charge in [-0.3, -0.25) is 19.2 Å². The number of guanidine groups is 2. The summed E-state index contributed by atoms with van der Waals surface area (Å²) in [5.41, 5.74) is 10.0. The summed E-state index contributed by atoms with van der Waals surface area (Å²) in [6.45, 7) is 0.417. The van der Waals surface area contributed by atoms with E-state index >= 15 is 0 Å². The smallest absolute Gasteiger partial charge is 0.269 e. The zero-order chi connectivity index (χ0) is 13.3. The fourth-order valence-electron chi connectivity index (χ4n) is 0.693. The van der Waals surface area contributed by atoms with E-state index in [1.165, 1.54) is 0 Å². The molecular weight excluding hydrogens is 268 g/mol. The number of rotatable bonds is 8. The Labute approximate surface area is 104 Å². The van der Waals surface area contributed by atoms with Gasteiger partial charge in [0.15, 0.2) is 11.9 Å². The van der Waals surface area contributed by atoms with Crippen molar-refractivity contribution in [3.05, 3.63) is 0 Å². The second kappa shape index (κ2) is 8.00. The van der Waals surface area contributed by atoms with Crippen molar-refractivity contribution in [2.75, 3.05) is 26.3 Å². The summed E-state index contributed by atoms with van der Waals surface area (Å²) in [5.74, 6) is -0.424. The summed E-state index contributed by atoms with van der Waals surface area (Å²) in [6, 6.07) is 0. The summed E-state index contributed by atoms with van der Waals surface area (Å²) in [5, 5.41) is 18.6. The monoisotopic (exact) mass is 284 g/mol. The molecule has 0 aromatic rings. The van der Waals surface area contributed by atoms with Gasteiger partial charge in [-0.2, -0.15) is 4.21 Å². The Kier molecular flexibility index (Phi) is 7.45. The van der Waals surface area contributed by atoms with Crippen LogP contribution in [0.15, 0.2) is 0 Å². The predicted molar refractivity (Wildman–Crippen MR) is 67.2 cm³/mol. The molecule has 0 saturated heterocycles. The van der Waals surface area contributed by atoms with Gasteiger partial charge in [0.2, 0.25) is 0 Å². The molecule has 0 bridgehead atoms. The van der Waals surface area contributed by atoms with Gasteiger partial charge in [0.05, 0.1) is 13.2 Å². The van der Waals surface area contributed by atoms with Crippen LogP contribution in [-0.2, 0) is 28.6 Å². The summed E-state index contributed by atoms with van der Waals surface area (Å²) >= 11 is 4.56. The van der Waals surface area contributed by atoms with Crippen molar-refractivity contribution in [2.24, 2.45) is 11.5 Å². The van der Waals surface area contributed by atoms with Crippen LogP contribution < -0.4 is 22.1 Å². The molecule has 0 unspecified atom stereocenters. The van der Waals surface area contributed by atoms with Crippen LogP contribution in [0.3, 0.4) is 0 Å². The van der Waals surface area contributed by atoms with E-state index in [4.69, 9.17) is 30.7 Å². The molecule has 0 aromatic heterocycles. The van der Waals surface area contributed by atoms with Gasteiger partial charge in [-0.25, -0.2) is 0 Å². The van der Waals surface area contributed by atoms with E-state index in [2.05, 4.69) is 21.8 Å². The number of nitrogens with one attached hydrogen (secondary N) is 4. The van der Waals surface area contributed by atoms with Crippen molar-refractivity contribution < 1.29 is 12.6 Å². The molecule has 0 rings (SSSR count). The topological polar surface area (TPSA) is 159 Å². The first kappa shape index (κ1) is 15.8. The Morgan fingerprint density at radius 2 is 1.47 bits per heavy atom. The van der Waals surface area contributed by atoms with E-state index in [1.807, 2.05) is 0 Å². The van der Waals surface area contributed by atoms with E-state index in [-0.39, 0.29) is 38.2 Å². The summed E-state index contributed by atoms with van der Waals surface area (Å²) in [4.78, 5) is 0. The van der Waals surface area contributed by atoms with Gasteiger partial charge < -0.3 is 22.1 Å². The standard InChI is InChI=1S/C6H16N6O3S2/c7-5(8)11-1-3-14-17(13,16)15-4-2-12-6(9)10/h1-4H2,(H4,7,8,11)(H4,9,10,12). The highest BCUT2D eigenvalue weighted by molar-refractivity contribution is 8.27. The van der Waals surface area contributed by atoms with Gasteiger partial charge in [-0.1, -0.05) is 0 Å².